The van der Waals surface area contributed by atoms with Crippen molar-refractivity contribution in [3.05, 3.63) is 65.4 Å². The molecule has 2 N–H and O–H groups in total. The highest BCUT2D eigenvalue weighted by Crippen LogP contribution is 2.43. The van der Waals surface area contributed by atoms with E-state index in [0.29, 0.717) is 12.0 Å². The molecule has 156 valence electrons. The van der Waals surface area contributed by atoms with Gasteiger partial charge in [0, 0.05) is 31.1 Å². The van der Waals surface area contributed by atoms with Gasteiger partial charge in [-0.15, -0.1) is 0 Å². The monoisotopic (exact) mass is 405 g/mol. The summed E-state index contributed by atoms with van der Waals surface area (Å²) in [7, 11) is 5.32. The van der Waals surface area contributed by atoms with E-state index in [1.807, 2.05) is 74.4 Å². The lowest BCUT2D eigenvalue weighted by atomic mass is 9.75. The summed E-state index contributed by atoms with van der Waals surface area (Å²) in [6.07, 6.45) is 0.600. The van der Waals surface area contributed by atoms with Crippen molar-refractivity contribution in [1.29, 1.82) is 0 Å². The summed E-state index contributed by atoms with van der Waals surface area (Å²) in [5, 5.41) is 7.00. The fraction of sp³-hybridized carbons (Fsp3) is 0.333. The fourth-order valence-corrected chi connectivity index (χ4v) is 4.35. The number of hydrogen-bond donors (Lipinski definition) is 2. The number of para-hydroxylation sites is 2. The Labute approximate surface area is 176 Å². The summed E-state index contributed by atoms with van der Waals surface area (Å²) in [6, 6.07) is 15.7. The number of ether oxygens (including phenoxy) is 1. The molecule has 2 aliphatic rings. The van der Waals surface area contributed by atoms with Crippen LogP contribution in [-0.2, 0) is 14.3 Å². The average Bonchev–Trinajstić information content (AvgIpc) is 2.90. The highest BCUT2D eigenvalue weighted by atomic mass is 16.5. The summed E-state index contributed by atoms with van der Waals surface area (Å²) >= 11 is 0. The predicted octanol–water partition coefficient (Wildman–Crippen LogP) is 3.98. The number of rotatable bonds is 3. The second-order valence-corrected chi connectivity index (χ2v) is 8.17. The van der Waals surface area contributed by atoms with Crippen molar-refractivity contribution >= 4 is 28.8 Å². The zero-order valence-electron chi connectivity index (χ0n) is 17.7. The number of ketones is 1. The molecular weight excluding hydrogens is 378 g/mol. The second kappa shape index (κ2) is 7.86. The SMILES string of the molecule is COC(=O)[C@@H]1C(=O)C2=C(C[C@@H]1C)Nc1ccccc1N[C@@H]2c1ccc(N(C)C)cc1. The number of allylic oxidation sites excluding steroid dienone is 1. The van der Waals surface area contributed by atoms with Crippen LogP contribution in [-0.4, -0.2) is 33.0 Å². The van der Waals surface area contributed by atoms with Gasteiger partial charge in [-0.1, -0.05) is 31.2 Å². The third-order valence-corrected chi connectivity index (χ3v) is 5.97. The van der Waals surface area contributed by atoms with E-state index in [9.17, 15) is 9.59 Å². The fourth-order valence-electron chi connectivity index (χ4n) is 4.35. The minimum atomic E-state index is -0.790. The third kappa shape index (κ3) is 3.43. The van der Waals surface area contributed by atoms with Crippen LogP contribution in [0.25, 0.3) is 0 Å². The van der Waals surface area contributed by atoms with Crippen molar-refractivity contribution in [2.75, 3.05) is 36.7 Å². The van der Waals surface area contributed by atoms with Crippen molar-refractivity contribution in [3.63, 3.8) is 0 Å². The molecule has 0 unspecified atom stereocenters. The highest BCUT2D eigenvalue weighted by Gasteiger charge is 2.44. The molecule has 6 heteroatoms. The number of carbonyl (C=O) groups is 2. The lowest BCUT2D eigenvalue weighted by Crippen LogP contribution is -2.39. The van der Waals surface area contributed by atoms with Crippen molar-refractivity contribution in [3.8, 4) is 0 Å². The van der Waals surface area contributed by atoms with Gasteiger partial charge in [-0.2, -0.15) is 0 Å². The summed E-state index contributed by atoms with van der Waals surface area (Å²) in [4.78, 5) is 28.0. The van der Waals surface area contributed by atoms with Crippen molar-refractivity contribution in [2.45, 2.75) is 19.4 Å². The van der Waals surface area contributed by atoms with Gasteiger partial charge in [0.1, 0.15) is 5.92 Å². The van der Waals surface area contributed by atoms with Gasteiger partial charge in [0.25, 0.3) is 0 Å². The molecule has 0 saturated heterocycles. The average molecular weight is 405 g/mol. The summed E-state index contributed by atoms with van der Waals surface area (Å²) < 4.78 is 4.96. The highest BCUT2D eigenvalue weighted by molar-refractivity contribution is 6.11. The predicted molar refractivity (Wildman–Crippen MR) is 119 cm³/mol. The van der Waals surface area contributed by atoms with E-state index in [1.165, 1.54) is 7.11 Å². The number of benzene rings is 2. The molecule has 0 spiro atoms. The molecule has 0 fully saturated rings. The molecule has 1 aliphatic carbocycles. The Kier molecular flexibility index (Phi) is 5.24. The zero-order valence-corrected chi connectivity index (χ0v) is 17.7. The molecule has 3 atom stereocenters. The Balaban J connectivity index is 1.84. The van der Waals surface area contributed by atoms with Crippen molar-refractivity contribution in [2.24, 2.45) is 11.8 Å². The first-order valence-corrected chi connectivity index (χ1v) is 10.2. The molecule has 0 bridgehead atoms. The smallest absolute Gasteiger partial charge is 0.316 e. The van der Waals surface area contributed by atoms with E-state index in [2.05, 4.69) is 10.6 Å². The van der Waals surface area contributed by atoms with Gasteiger partial charge in [0.2, 0.25) is 0 Å². The molecule has 1 aliphatic heterocycles. The zero-order chi connectivity index (χ0) is 21.4. The van der Waals surface area contributed by atoms with E-state index >= 15 is 0 Å². The Morgan fingerprint density at radius 3 is 2.37 bits per heavy atom. The maximum Gasteiger partial charge on any atom is 0.316 e. The largest absolute Gasteiger partial charge is 0.468 e. The number of carbonyl (C=O) groups excluding carboxylic acids is 2. The molecule has 1 heterocycles. The van der Waals surface area contributed by atoms with Crippen LogP contribution in [0.1, 0.15) is 24.9 Å². The van der Waals surface area contributed by atoms with Gasteiger partial charge in [-0.05, 0) is 42.2 Å². The maximum atomic E-state index is 13.6. The van der Waals surface area contributed by atoms with Crippen LogP contribution in [0.15, 0.2) is 59.8 Å². The lowest BCUT2D eigenvalue weighted by Gasteiger charge is -2.32. The van der Waals surface area contributed by atoms with E-state index in [-0.39, 0.29) is 17.7 Å². The molecule has 2 aromatic carbocycles. The number of Topliss-reactive ketones (excluding diaryl/α,β-unsaturated/α-hetero) is 1. The number of methoxy groups -OCH3 is 1. The van der Waals surface area contributed by atoms with Gasteiger partial charge in [-0.3, -0.25) is 9.59 Å². The molecule has 2 aromatic rings. The number of esters is 1. The van der Waals surface area contributed by atoms with E-state index in [1.54, 1.807) is 0 Å². The van der Waals surface area contributed by atoms with Gasteiger partial charge in [0.05, 0.1) is 24.5 Å². The molecule has 0 saturated carbocycles. The van der Waals surface area contributed by atoms with Gasteiger partial charge < -0.3 is 20.3 Å². The number of hydrogen-bond acceptors (Lipinski definition) is 6. The number of nitrogens with zero attached hydrogens (tertiary/aromatic N) is 1. The number of anilines is 3. The Morgan fingerprint density at radius 2 is 1.73 bits per heavy atom. The molecule has 0 aromatic heterocycles. The minimum absolute atomic E-state index is 0.141. The maximum absolute atomic E-state index is 13.6. The number of nitrogens with one attached hydrogen (secondary N) is 2. The van der Waals surface area contributed by atoms with Gasteiger partial charge in [0.15, 0.2) is 5.78 Å². The third-order valence-electron chi connectivity index (χ3n) is 5.97. The van der Waals surface area contributed by atoms with E-state index in [0.717, 1.165) is 28.3 Å². The first kappa shape index (κ1) is 20.0. The normalized spacial score (nSPS) is 22.8. The molecular formula is C24H27N3O3. The summed E-state index contributed by atoms with van der Waals surface area (Å²) in [5.74, 6) is -1.58. The van der Waals surface area contributed by atoms with Crippen LogP contribution in [0.4, 0.5) is 17.1 Å². The van der Waals surface area contributed by atoms with Crippen LogP contribution in [0.5, 0.6) is 0 Å². The summed E-state index contributed by atoms with van der Waals surface area (Å²) in [5.41, 5.74) is 5.37. The minimum Gasteiger partial charge on any atom is -0.468 e. The standard InChI is InChI=1S/C24H27N3O3/c1-14-13-19-21(23(28)20(14)24(29)30-4)22(15-9-11-16(12-10-15)27(2)3)26-18-8-6-5-7-17(18)25-19/h5-12,14,20,22,25-26H,13H2,1-4H3/t14-,20-,22+/m0/s1. The Morgan fingerprint density at radius 1 is 1.07 bits per heavy atom. The van der Waals surface area contributed by atoms with E-state index in [4.69, 9.17) is 4.74 Å². The van der Waals surface area contributed by atoms with Crippen LogP contribution in [0.2, 0.25) is 0 Å². The van der Waals surface area contributed by atoms with Crippen molar-refractivity contribution in [1.82, 2.24) is 0 Å². The van der Waals surface area contributed by atoms with Gasteiger partial charge >= 0.3 is 5.97 Å². The number of fused-ring (bicyclic) bond motifs is 1. The van der Waals surface area contributed by atoms with Crippen LogP contribution in [0.3, 0.4) is 0 Å². The van der Waals surface area contributed by atoms with Crippen LogP contribution in [0, 0.1) is 11.8 Å². The first-order valence-electron chi connectivity index (χ1n) is 10.2. The van der Waals surface area contributed by atoms with Crippen LogP contribution >= 0.6 is 0 Å². The first-order chi connectivity index (χ1) is 14.4. The molecule has 0 amide bonds. The molecule has 0 radical (unpaired) electrons. The Hall–Kier alpha value is -3.28. The Bertz CT molecular complexity index is 1010. The molecule has 6 nitrogen and oxygen atoms in total. The second-order valence-electron chi connectivity index (χ2n) is 8.17. The molecule has 30 heavy (non-hydrogen) atoms. The van der Waals surface area contributed by atoms with Crippen LogP contribution < -0.4 is 15.5 Å². The van der Waals surface area contributed by atoms with Gasteiger partial charge in [-0.25, -0.2) is 0 Å². The quantitative estimate of drug-likeness (QED) is 0.595. The van der Waals surface area contributed by atoms with Crippen molar-refractivity contribution < 1.29 is 14.3 Å². The molecule has 4 rings (SSSR count). The summed E-state index contributed by atoms with van der Waals surface area (Å²) in [6.45, 7) is 1.93. The van der Waals surface area contributed by atoms with E-state index < -0.39 is 11.9 Å². The lowest BCUT2D eigenvalue weighted by molar-refractivity contribution is -0.151. The topological polar surface area (TPSA) is 70.7 Å².